The van der Waals surface area contributed by atoms with E-state index < -0.39 is 0 Å². The zero-order valence-corrected chi connectivity index (χ0v) is 7.32. The van der Waals surface area contributed by atoms with Crippen molar-refractivity contribution in [3.05, 3.63) is 22.4 Å². The van der Waals surface area contributed by atoms with Crippen molar-refractivity contribution in [2.24, 2.45) is 5.92 Å². The minimum Gasteiger partial charge on any atom is -0.350 e. The van der Waals surface area contributed by atoms with Crippen molar-refractivity contribution in [2.75, 3.05) is 0 Å². The van der Waals surface area contributed by atoms with Gasteiger partial charge in [0.25, 0.3) is 0 Å². The van der Waals surface area contributed by atoms with Gasteiger partial charge < -0.3 is 5.73 Å². The Hall–Kier alpha value is -0.340. The first-order chi connectivity index (χ1) is 4.72. The van der Waals surface area contributed by atoms with Crippen LogP contribution >= 0.6 is 11.3 Å². The summed E-state index contributed by atoms with van der Waals surface area (Å²) in [5, 5.41) is 2.11. The third-order valence-electron chi connectivity index (χ3n) is 1.71. The molecule has 1 aromatic rings. The second-order valence-corrected chi connectivity index (χ2v) is 3.85. The SMILES string of the molecule is CC(C)[C@@H]([NH3+])c1cccs1. The van der Waals surface area contributed by atoms with E-state index >= 15 is 0 Å². The lowest BCUT2D eigenvalue weighted by molar-refractivity contribution is -0.436. The molecule has 0 amide bonds. The Morgan fingerprint density at radius 1 is 1.50 bits per heavy atom. The lowest BCUT2D eigenvalue weighted by Gasteiger charge is -2.08. The van der Waals surface area contributed by atoms with Gasteiger partial charge in [-0.15, -0.1) is 11.3 Å². The van der Waals surface area contributed by atoms with E-state index in [1.54, 1.807) is 11.3 Å². The van der Waals surface area contributed by atoms with E-state index in [0.29, 0.717) is 12.0 Å². The van der Waals surface area contributed by atoms with Crippen LogP contribution in [0.25, 0.3) is 0 Å². The molecule has 0 radical (unpaired) electrons. The van der Waals surface area contributed by atoms with Crippen LogP contribution in [-0.2, 0) is 0 Å². The Morgan fingerprint density at radius 3 is 2.60 bits per heavy atom. The van der Waals surface area contributed by atoms with Gasteiger partial charge in [-0.3, -0.25) is 0 Å². The predicted molar refractivity (Wildman–Crippen MR) is 44.8 cm³/mol. The van der Waals surface area contributed by atoms with Crippen molar-refractivity contribution < 1.29 is 5.73 Å². The lowest BCUT2D eigenvalue weighted by atomic mass is 10.0. The van der Waals surface area contributed by atoms with E-state index in [1.807, 2.05) is 0 Å². The monoisotopic (exact) mass is 156 g/mol. The topological polar surface area (TPSA) is 27.6 Å². The normalized spacial score (nSPS) is 14.0. The number of quaternary nitrogens is 1. The van der Waals surface area contributed by atoms with E-state index in [0.717, 1.165) is 0 Å². The number of thiophene rings is 1. The van der Waals surface area contributed by atoms with Crippen LogP contribution in [0.2, 0.25) is 0 Å². The maximum atomic E-state index is 4.09. The maximum Gasteiger partial charge on any atom is 0.122 e. The molecule has 0 fully saturated rings. The zero-order chi connectivity index (χ0) is 7.56. The molecule has 0 spiro atoms. The van der Waals surface area contributed by atoms with E-state index in [1.165, 1.54) is 4.88 Å². The van der Waals surface area contributed by atoms with Gasteiger partial charge in [-0.25, -0.2) is 0 Å². The third-order valence-corrected chi connectivity index (χ3v) is 2.72. The molecule has 1 nitrogen and oxygen atoms in total. The molecule has 1 heterocycles. The molecule has 56 valence electrons. The van der Waals surface area contributed by atoms with Crippen LogP contribution in [0.1, 0.15) is 24.8 Å². The molecule has 0 aliphatic rings. The summed E-state index contributed by atoms with van der Waals surface area (Å²) in [4.78, 5) is 1.40. The average molecular weight is 156 g/mol. The summed E-state index contributed by atoms with van der Waals surface area (Å²) in [5.41, 5.74) is 4.09. The van der Waals surface area contributed by atoms with Gasteiger partial charge in [-0.2, -0.15) is 0 Å². The summed E-state index contributed by atoms with van der Waals surface area (Å²) >= 11 is 1.80. The molecular formula is C8H14NS+. The van der Waals surface area contributed by atoms with Crippen molar-refractivity contribution in [3.8, 4) is 0 Å². The Kier molecular flexibility index (Phi) is 2.46. The number of rotatable bonds is 2. The summed E-state index contributed by atoms with van der Waals surface area (Å²) in [6.07, 6.45) is 0. The molecule has 3 N–H and O–H groups in total. The van der Waals surface area contributed by atoms with Crippen LogP contribution in [0.3, 0.4) is 0 Å². The first kappa shape index (κ1) is 7.76. The summed E-state index contributed by atoms with van der Waals surface area (Å²) in [7, 11) is 0. The van der Waals surface area contributed by atoms with Gasteiger partial charge in [0, 0.05) is 5.92 Å². The molecule has 10 heavy (non-hydrogen) atoms. The summed E-state index contributed by atoms with van der Waals surface area (Å²) in [6, 6.07) is 4.71. The highest BCUT2D eigenvalue weighted by Gasteiger charge is 2.13. The van der Waals surface area contributed by atoms with Crippen LogP contribution in [0.4, 0.5) is 0 Å². The number of hydrogen-bond donors (Lipinski definition) is 1. The minimum absolute atomic E-state index is 0.472. The molecule has 0 aromatic carbocycles. The van der Waals surface area contributed by atoms with Crippen molar-refractivity contribution >= 4 is 11.3 Å². The van der Waals surface area contributed by atoms with E-state index in [9.17, 15) is 0 Å². The van der Waals surface area contributed by atoms with Gasteiger partial charge in [-0.05, 0) is 11.4 Å². The van der Waals surface area contributed by atoms with Gasteiger partial charge in [0.05, 0.1) is 4.88 Å². The second-order valence-electron chi connectivity index (χ2n) is 2.87. The largest absolute Gasteiger partial charge is 0.350 e. The van der Waals surface area contributed by atoms with E-state index in [-0.39, 0.29) is 0 Å². The highest BCUT2D eigenvalue weighted by atomic mass is 32.1. The first-order valence-electron chi connectivity index (χ1n) is 3.58. The summed E-state index contributed by atoms with van der Waals surface area (Å²) in [6.45, 7) is 4.41. The maximum absolute atomic E-state index is 4.09. The average Bonchev–Trinajstić information content (AvgIpc) is 2.36. The molecule has 2 heteroatoms. The van der Waals surface area contributed by atoms with Crippen molar-refractivity contribution in [2.45, 2.75) is 19.9 Å². The third kappa shape index (κ3) is 1.58. The molecule has 0 aliphatic carbocycles. The smallest absolute Gasteiger partial charge is 0.122 e. The first-order valence-corrected chi connectivity index (χ1v) is 4.46. The van der Waals surface area contributed by atoms with Gasteiger partial charge in [0.2, 0.25) is 0 Å². The van der Waals surface area contributed by atoms with Crippen LogP contribution in [0, 0.1) is 5.92 Å². The highest BCUT2D eigenvalue weighted by Crippen LogP contribution is 2.20. The van der Waals surface area contributed by atoms with Crippen molar-refractivity contribution in [1.82, 2.24) is 0 Å². The molecule has 0 saturated heterocycles. The minimum atomic E-state index is 0.472. The fraction of sp³-hybridized carbons (Fsp3) is 0.500. The quantitative estimate of drug-likeness (QED) is 0.675. The molecule has 1 atom stereocenters. The van der Waals surface area contributed by atoms with Crippen molar-refractivity contribution in [1.29, 1.82) is 0 Å². The fourth-order valence-corrected chi connectivity index (χ4v) is 1.75. The summed E-state index contributed by atoms with van der Waals surface area (Å²) in [5.74, 6) is 0.652. The predicted octanol–water partition coefficient (Wildman–Crippen LogP) is 1.69. The van der Waals surface area contributed by atoms with Crippen molar-refractivity contribution in [3.63, 3.8) is 0 Å². The Labute approximate surface area is 65.9 Å². The standard InChI is InChI=1S/C8H13NS/c1-6(2)8(9)7-4-3-5-10-7/h3-6,8H,9H2,1-2H3/p+1/t8-/m1/s1. The molecule has 1 rings (SSSR count). The molecule has 0 unspecified atom stereocenters. The highest BCUT2D eigenvalue weighted by molar-refractivity contribution is 7.10. The lowest BCUT2D eigenvalue weighted by Crippen LogP contribution is -2.55. The van der Waals surface area contributed by atoms with E-state index in [2.05, 4.69) is 37.1 Å². The molecular weight excluding hydrogens is 142 g/mol. The molecule has 0 aliphatic heterocycles. The van der Waals surface area contributed by atoms with Gasteiger partial charge in [-0.1, -0.05) is 19.9 Å². The molecule has 0 saturated carbocycles. The van der Waals surface area contributed by atoms with Crippen LogP contribution in [-0.4, -0.2) is 0 Å². The fourth-order valence-electron chi connectivity index (χ4n) is 0.831. The Balaban J connectivity index is 2.68. The second kappa shape index (κ2) is 3.17. The summed E-state index contributed by atoms with van der Waals surface area (Å²) < 4.78 is 0. The van der Waals surface area contributed by atoms with Crippen LogP contribution in [0.5, 0.6) is 0 Å². The van der Waals surface area contributed by atoms with Crippen LogP contribution in [0.15, 0.2) is 17.5 Å². The number of hydrogen-bond acceptors (Lipinski definition) is 1. The Morgan fingerprint density at radius 2 is 2.20 bits per heavy atom. The van der Waals surface area contributed by atoms with Gasteiger partial charge in [0.15, 0.2) is 0 Å². The van der Waals surface area contributed by atoms with E-state index in [4.69, 9.17) is 0 Å². The molecule has 0 bridgehead atoms. The van der Waals surface area contributed by atoms with Crippen LogP contribution < -0.4 is 5.73 Å². The zero-order valence-electron chi connectivity index (χ0n) is 6.50. The van der Waals surface area contributed by atoms with Gasteiger partial charge in [0.1, 0.15) is 6.04 Å². The molecule has 1 aromatic heterocycles. The van der Waals surface area contributed by atoms with Gasteiger partial charge >= 0.3 is 0 Å². The Bertz CT molecular complexity index is 179.